The summed E-state index contributed by atoms with van der Waals surface area (Å²) in [5.41, 5.74) is 3.74. The first-order valence-corrected chi connectivity index (χ1v) is 9.60. The molecule has 3 N–H and O–H groups in total. The number of nitrogens with one attached hydrogen (secondary N) is 1. The number of phenols is 2. The number of benzene rings is 1. The number of ether oxygens (including phenoxy) is 1. The van der Waals surface area contributed by atoms with E-state index in [9.17, 15) is 15.0 Å². The fourth-order valence-electron chi connectivity index (χ4n) is 2.81. The van der Waals surface area contributed by atoms with Crippen LogP contribution in [0.25, 0.3) is 6.08 Å². The van der Waals surface area contributed by atoms with E-state index in [4.69, 9.17) is 9.57 Å². The second-order valence-corrected chi connectivity index (χ2v) is 6.94. The van der Waals surface area contributed by atoms with Gasteiger partial charge in [-0.05, 0) is 49.5 Å². The van der Waals surface area contributed by atoms with Crippen molar-refractivity contribution in [2.45, 2.75) is 46.1 Å². The van der Waals surface area contributed by atoms with Gasteiger partial charge in [0.05, 0.1) is 12.3 Å². The SMILES string of the molecule is CCON/C1=C\c2cc(O)cc(O)c2C(=O)O[C@H](C(C)C)CC=CCCC=C1. The number of aromatic hydroxyl groups is 2. The molecule has 0 saturated carbocycles. The Labute approximate surface area is 166 Å². The molecule has 152 valence electrons. The quantitative estimate of drug-likeness (QED) is 0.402. The highest BCUT2D eigenvalue weighted by atomic mass is 16.6. The standard InChI is InChI=1S/C22H29NO5/c1-4-27-23-17-10-8-6-5-7-9-11-20(15(2)3)28-22(26)21-16(12-17)13-18(24)14-19(21)25/h7-10,12-15,20,23-25H,4-6,11H2,1-3H3/b9-7?,10-8?,17-12-/t20-/m0/s1. The first-order valence-electron chi connectivity index (χ1n) is 9.60. The van der Waals surface area contributed by atoms with Gasteiger partial charge in [-0.2, -0.15) is 0 Å². The van der Waals surface area contributed by atoms with Crippen LogP contribution < -0.4 is 5.48 Å². The second-order valence-electron chi connectivity index (χ2n) is 6.94. The van der Waals surface area contributed by atoms with Crippen LogP contribution in [-0.2, 0) is 9.57 Å². The molecule has 0 spiro atoms. The molecule has 0 saturated heterocycles. The molecule has 1 aromatic rings. The van der Waals surface area contributed by atoms with Crippen LogP contribution in [0.1, 0.15) is 56.0 Å². The normalized spacial score (nSPS) is 20.1. The smallest absolute Gasteiger partial charge is 0.342 e. The van der Waals surface area contributed by atoms with Gasteiger partial charge in [0.25, 0.3) is 0 Å². The minimum Gasteiger partial charge on any atom is -0.508 e. The Morgan fingerprint density at radius 3 is 2.68 bits per heavy atom. The summed E-state index contributed by atoms with van der Waals surface area (Å²) >= 11 is 0. The number of phenolic OH excluding ortho intramolecular Hbond substituents is 2. The molecule has 0 radical (unpaired) electrons. The van der Waals surface area contributed by atoms with E-state index < -0.39 is 5.97 Å². The zero-order valence-electron chi connectivity index (χ0n) is 16.6. The van der Waals surface area contributed by atoms with E-state index in [2.05, 4.69) is 11.6 Å². The van der Waals surface area contributed by atoms with Gasteiger partial charge in [0.15, 0.2) is 0 Å². The molecular formula is C22H29NO5. The summed E-state index contributed by atoms with van der Waals surface area (Å²) in [6.07, 6.45) is 11.6. The summed E-state index contributed by atoms with van der Waals surface area (Å²) in [5, 5.41) is 20.2. The van der Waals surface area contributed by atoms with Gasteiger partial charge in [0.2, 0.25) is 0 Å². The monoisotopic (exact) mass is 387 g/mol. The lowest BCUT2D eigenvalue weighted by atomic mass is 10.0. The van der Waals surface area contributed by atoms with Crippen molar-refractivity contribution in [3.63, 3.8) is 0 Å². The number of fused-ring (bicyclic) bond motifs is 1. The van der Waals surface area contributed by atoms with Crippen molar-refractivity contribution in [1.82, 2.24) is 5.48 Å². The Morgan fingerprint density at radius 1 is 1.21 bits per heavy atom. The van der Waals surface area contributed by atoms with Gasteiger partial charge < -0.3 is 14.9 Å². The van der Waals surface area contributed by atoms with Crippen molar-refractivity contribution in [2.24, 2.45) is 5.92 Å². The van der Waals surface area contributed by atoms with E-state index >= 15 is 0 Å². The Morgan fingerprint density at radius 2 is 1.96 bits per heavy atom. The van der Waals surface area contributed by atoms with Gasteiger partial charge in [0.1, 0.15) is 23.2 Å². The molecule has 0 unspecified atom stereocenters. The third kappa shape index (κ3) is 6.16. The number of esters is 1. The van der Waals surface area contributed by atoms with Gasteiger partial charge >= 0.3 is 5.97 Å². The van der Waals surface area contributed by atoms with Gasteiger partial charge in [-0.25, -0.2) is 4.79 Å². The lowest BCUT2D eigenvalue weighted by molar-refractivity contribution is 0.0190. The van der Waals surface area contributed by atoms with Crippen LogP contribution in [0.2, 0.25) is 0 Å². The van der Waals surface area contributed by atoms with E-state index in [-0.39, 0.29) is 29.1 Å². The summed E-state index contributed by atoms with van der Waals surface area (Å²) in [5.74, 6) is -0.992. The number of rotatable bonds is 4. The first kappa shape index (κ1) is 21.6. The number of allylic oxidation sites excluding steroid dienone is 3. The van der Waals surface area contributed by atoms with E-state index in [1.807, 2.05) is 39.0 Å². The number of hydrogen-bond donors (Lipinski definition) is 3. The van der Waals surface area contributed by atoms with E-state index in [0.29, 0.717) is 24.3 Å². The molecule has 28 heavy (non-hydrogen) atoms. The molecule has 1 aliphatic heterocycles. The van der Waals surface area contributed by atoms with Crippen molar-refractivity contribution < 1.29 is 24.6 Å². The molecule has 1 aliphatic rings. The van der Waals surface area contributed by atoms with Gasteiger partial charge in [-0.15, -0.1) is 0 Å². The van der Waals surface area contributed by atoms with Crippen molar-refractivity contribution in [2.75, 3.05) is 6.61 Å². The first-order chi connectivity index (χ1) is 13.4. The molecule has 6 nitrogen and oxygen atoms in total. The fraction of sp³-hybridized carbons (Fsp3) is 0.409. The molecule has 1 aromatic carbocycles. The van der Waals surface area contributed by atoms with Crippen LogP contribution in [-0.4, -0.2) is 28.9 Å². The Balaban J connectivity index is 2.53. The van der Waals surface area contributed by atoms with E-state index in [1.54, 1.807) is 6.08 Å². The Bertz CT molecular complexity index is 764. The van der Waals surface area contributed by atoms with Crippen LogP contribution in [0.15, 0.2) is 42.1 Å². The molecule has 2 rings (SSSR count). The van der Waals surface area contributed by atoms with Crippen LogP contribution in [0.5, 0.6) is 11.5 Å². The van der Waals surface area contributed by atoms with Crippen molar-refractivity contribution >= 4 is 12.0 Å². The minimum atomic E-state index is -0.632. The van der Waals surface area contributed by atoms with Crippen molar-refractivity contribution in [1.29, 1.82) is 0 Å². The van der Waals surface area contributed by atoms with Crippen LogP contribution in [0.4, 0.5) is 0 Å². The largest absolute Gasteiger partial charge is 0.508 e. The van der Waals surface area contributed by atoms with Gasteiger partial charge in [0, 0.05) is 12.5 Å². The molecule has 0 aromatic heterocycles. The number of hydrogen-bond acceptors (Lipinski definition) is 6. The maximum absolute atomic E-state index is 12.9. The predicted molar refractivity (Wildman–Crippen MR) is 109 cm³/mol. The summed E-state index contributed by atoms with van der Waals surface area (Å²) < 4.78 is 5.69. The average molecular weight is 387 g/mol. The summed E-state index contributed by atoms with van der Waals surface area (Å²) in [6.45, 7) is 6.27. The molecule has 1 atom stereocenters. The lowest BCUT2D eigenvalue weighted by Gasteiger charge is -2.21. The van der Waals surface area contributed by atoms with Crippen LogP contribution in [0, 0.1) is 5.92 Å². The molecule has 0 amide bonds. The topological polar surface area (TPSA) is 88.0 Å². The average Bonchev–Trinajstić information content (AvgIpc) is 2.62. The zero-order valence-corrected chi connectivity index (χ0v) is 16.6. The molecule has 0 fully saturated rings. The van der Waals surface area contributed by atoms with Crippen molar-refractivity contribution in [3.8, 4) is 11.5 Å². The van der Waals surface area contributed by atoms with Gasteiger partial charge in [-0.1, -0.05) is 32.1 Å². The maximum atomic E-state index is 12.9. The van der Waals surface area contributed by atoms with E-state index in [1.165, 1.54) is 6.07 Å². The highest BCUT2D eigenvalue weighted by Gasteiger charge is 2.23. The Hall–Kier alpha value is -2.73. The Kier molecular flexibility index (Phi) is 8.14. The third-order valence-corrected chi connectivity index (χ3v) is 4.32. The predicted octanol–water partition coefficient (Wildman–Crippen LogP) is 4.46. The zero-order chi connectivity index (χ0) is 20.5. The third-order valence-electron chi connectivity index (χ3n) is 4.32. The summed E-state index contributed by atoms with van der Waals surface area (Å²) in [7, 11) is 0. The fourth-order valence-corrected chi connectivity index (χ4v) is 2.81. The maximum Gasteiger partial charge on any atom is 0.342 e. The number of cyclic esters (lactones) is 1. The van der Waals surface area contributed by atoms with Crippen LogP contribution >= 0.6 is 0 Å². The molecule has 6 heteroatoms. The minimum absolute atomic E-state index is 0.00804. The lowest BCUT2D eigenvalue weighted by Crippen LogP contribution is -2.24. The molecule has 0 aliphatic carbocycles. The molecular weight excluding hydrogens is 358 g/mol. The summed E-state index contributed by atoms with van der Waals surface area (Å²) in [4.78, 5) is 18.1. The molecule has 1 heterocycles. The van der Waals surface area contributed by atoms with E-state index in [0.717, 1.165) is 18.9 Å². The van der Waals surface area contributed by atoms with Crippen molar-refractivity contribution in [3.05, 3.63) is 53.3 Å². The van der Waals surface area contributed by atoms with Crippen LogP contribution in [0.3, 0.4) is 0 Å². The highest BCUT2D eigenvalue weighted by molar-refractivity contribution is 5.97. The number of hydroxylamine groups is 1. The second kappa shape index (κ2) is 10.6. The number of carbonyl (C=O) groups excluding carboxylic acids is 1. The molecule has 0 bridgehead atoms. The highest BCUT2D eigenvalue weighted by Crippen LogP contribution is 2.30. The van der Waals surface area contributed by atoms with Gasteiger partial charge in [-0.3, -0.25) is 10.3 Å². The number of carbonyl (C=O) groups is 1. The summed E-state index contributed by atoms with van der Waals surface area (Å²) in [6, 6.07) is 2.54.